The van der Waals surface area contributed by atoms with Gasteiger partial charge in [0.1, 0.15) is 10.8 Å². The number of amides is 1. The Morgan fingerprint density at radius 3 is 2.95 bits per heavy atom. The Morgan fingerprint density at radius 2 is 2.29 bits per heavy atom. The van der Waals surface area contributed by atoms with E-state index in [1.807, 2.05) is 24.4 Å². The van der Waals surface area contributed by atoms with Gasteiger partial charge in [0.25, 0.3) is 5.91 Å². The van der Waals surface area contributed by atoms with Crippen molar-refractivity contribution in [1.29, 1.82) is 0 Å². The Balaban J connectivity index is 1.69. The van der Waals surface area contributed by atoms with E-state index in [1.54, 1.807) is 35.7 Å². The van der Waals surface area contributed by atoms with Crippen molar-refractivity contribution in [3.63, 3.8) is 0 Å². The summed E-state index contributed by atoms with van der Waals surface area (Å²) in [6.07, 6.45) is 0. The zero-order chi connectivity index (χ0) is 14.8. The van der Waals surface area contributed by atoms with Crippen LogP contribution in [-0.2, 0) is 6.54 Å². The molecule has 21 heavy (non-hydrogen) atoms. The summed E-state index contributed by atoms with van der Waals surface area (Å²) in [6.45, 7) is 4.15. The number of nitrogens with one attached hydrogen (secondary N) is 1. The maximum atomic E-state index is 11.9. The number of nitrogens with zero attached hydrogens (tertiary/aromatic N) is 2. The molecule has 0 spiro atoms. The van der Waals surface area contributed by atoms with Crippen LogP contribution < -0.4 is 5.32 Å². The van der Waals surface area contributed by atoms with Crippen LogP contribution >= 0.6 is 22.7 Å². The summed E-state index contributed by atoms with van der Waals surface area (Å²) in [4.78, 5) is 18.7. The first-order valence-corrected chi connectivity index (χ1v) is 8.05. The highest BCUT2D eigenvalue weighted by Gasteiger charge is 2.14. The normalized spacial score (nSPS) is 10.8. The summed E-state index contributed by atoms with van der Waals surface area (Å²) in [6, 6.07) is 5.67. The van der Waals surface area contributed by atoms with Gasteiger partial charge < -0.3 is 9.84 Å². The molecule has 108 valence electrons. The number of rotatable bonds is 4. The SMILES string of the molecule is Cc1cc(C(=O)NCc2sc(-c3cccs3)nc2C)no1. The molecule has 3 heterocycles. The molecule has 0 aliphatic carbocycles. The Kier molecular flexibility index (Phi) is 3.85. The van der Waals surface area contributed by atoms with Gasteiger partial charge in [-0.1, -0.05) is 11.2 Å². The molecule has 0 unspecified atom stereocenters. The third-order valence-corrected chi connectivity index (χ3v) is 5.09. The van der Waals surface area contributed by atoms with Gasteiger partial charge in [0, 0.05) is 10.9 Å². The van der Waals surface area contributed by atoms with Gasteiger partial charge in [-0.15, -0.1) is 22.7 Å². The second kappa shape index (κ2) is 5.79. The van der Waals surface area contributed by atoms with Crippen LogP contribution in [0.3, 0.4) is 0 Å². The highest BCUT2D eigenvalue weighted by Crippen LogP contribution is 2.30. The minimum atomic E-state index is -0.239. The maximum absolute atomic E-state index is 11.9. The molecule has 3 aromatic heterocycles. The van der Waals surface area contributed by atoms with Gasteiger partial charge in [-0.25, -0.2) is 4.98 Å². The minimum Gasteiger partial charge on any atom is -0.361 e. The summed E-state index contributed by atoms with van der Waals surface area (Å²) >= 11 is 3.26. The highest BCUT2D eigenvalue weighted by atomic mass is 32.1. The number of thiazole rings is 1. The van der Waals surface area contributed by atoms with E-state index < -0.39 is 0 Å². The van der Waals surface area contributed by atoms with Crippen molar-refractivity contribution >= 4 is 28.6 Å². The average Bonchev–Trinajstić information content (AvgIpc) is 3.16. The summed E-state index contributed by atoms with van der Waals surface area (Å²) in [7, 11) is 0. The van der Waals surface area contributed by atoms with E-state index in [0.717, 1.165) is 20.5 Å². The first-order chi connectivity index (χ1) is 10.1. The smallest absolute Gasteiger partial charge is 0.273 e. The number of hydrogen-bond acceptors (Lipinski definition) is 6. The molecule has 7 heteroatoms. The fourth-order valence-corrected chi connectivity index (χ4v) is 3.62. The number of aromatic nitrogens is 2. The summed E-state index contributed by atoms with van der Waals surface area (Å²) in [5, 5.41) is 9.56. The predicted molar refractivity (Wildman–Crippen MR) is 82.6 cm³/mol. The van der Waals surface area contributed by atoms with E-state index in [2.05, 4.69) is 15.5 Å². The lowest BCUT2D eigenvalue weighted by molar-refractivity contribution is 0.0942. The van der Waals surface area contributed by atoms with Crippen molar-refractivity contribution < 1.29 is 9.32 Å². The van der Waals surface area contributed by atoms with E-state index in [-0.39, 0.29) is 5.91 Å². The van der Waals surface area contributed by atoms with E-state index in [4.69, 9.17) is 4.52 Å². The van der Waals surface area contributed by atoms with Crippen LogP contribution in [0.5, 0.6) is 0 Å². The molecule has 3 rings (SSSR count). The van der Waals surface area contributed by atoms with Crippen molar-refractivity contribution in [2.45, 2.75) is 20.4 Å². The Hall–Kier alpha value is -1.99. The molecule has 0 bridgehead atoms. The third kappa shape index (κ3) is 3.03. The summed E-state index contributed by atoms with van der Waals surface area (Å²) in [5.41, 5.74) is 1.24. The van der Waals surface area contributed by atoms with Crippen molar-refractivity contribution in [1.82, 2.24) is 15.5 Å². The monoisotopic (exact) mass is 319 g/mol. The maximum Gasteiger partial charge on any atom is 0.273 e. The first-order valence-electron chi connectivity index (χ1n) is 6.35. The van der Waals surface area contributed by atoms with Crippen LogP contribution in [-0.4, -0.2) is 16.0 Å². The van der Waals surface area contributed by atoms with E-state index in [1.165, 1.54) is 0 Å². The molecule has 0 saturated heterocycles. The lowest BCUT2D eigenvalue weighted by Crippen LogP contribution is -2.22. The van der Waals surface area contributed by atoms with E-state index >= 15 is 0 Å². The fourth-order valence-electron chi connectivity index (χ4n) is 1.82. The molecule has 0 aliphatic rings. The molecule has 0 radical (unpaired) electrons. The molecular formula is C14H13N3O2S2. The Morgan fingerprint density at radius 1 is 1.43 bits per heavy atom. The summed E-state index contributed by atoms with van der Waals surface area (Å²) in [5.74, 6) is 0.381. The van der Waals surface area contributed by atoms with Crippen LogP contribution in [0.4, 0.5) is 0 Å². The van der Waals surface area contributed by atoms with Crippen molar-refractivity contribution in [3.05, 3.63) is 45.6 Å². The fraction of sp³-hybridized carbons (Fsp3) is 0.214. The van der Waals surface area contributed by atoms with Crippen molar-refractivity contribution in [3.8, 4) is 9.88 Å². The second-order valence-corrected chi connectivity index (χ2v) is 6.54. The predicted octanol–water partition coefficient (Wildman–Crippen LogP) is 3.41. The standard InChI is InChI=1S/C14H13N3O2S2/c1-8-6-10(17-19-8)13(18)15-7-12-9(2)16-14(21-12)11-4-3-5-20-11/h3-6H,7H2,1-2H3,(H,15,18). The largest absolute Gasteiger partial charge is 0.361 e. The molecule has 0 atom stereocenters. The Bertz CT molecular complexity index is 759. The lowest BCUT2D eigenvalue weighted by Gasteiger charge is -2.00. The molecule has 5 nitrogen and oxygen atoms in total. The summed E-state index contributed by atoms with van der Waals surface area (Å²) < 4.78 is 4.90. The molecule has 1 N–H and O–H groups in total. The number of thiophene rings is 1. The number of aryl methyl sites for hydroxylation is 2. The zero-order valence-electron chi connectivity index (χ0n) is 11.5. The van der Waals surface area contributed by atoms with Gasteiger partial charge >= 0.3 is 0 Å². The van der Waals surface area contributed by atoms with Crippen molar-refractivity contribution in [2.24, 2.45) is 0 Å². The highest BCUT2D eigenvalue weighted by molar-refractivity contribution is 7.21. The Labute approximate surface area is 129 Å². The van der Waals surface area contributed by atoms with Gasteiger partial charge in [0.05, 0.1) is 17.1 Å². The minimum absolute atomic E-state index is 0.239. The van der Waals surface area contributed by atoms with Crippen LogP contribution in [0.25, 0.3) is 9.88 Å². The van der Waals surface area contributed by atoms with Gasteiger partial charge in [-0.2, -0.15) is 0 Å². The van der Waals surface area contributed by atoms with E-state index in [9.17, 15) is 4.79 Å². The van der Waals surface area contributed by atoms with Gasteiger partial charge in [-0.3, -0.25) is 4.79 Å². The molecule has 0 saturated carbocycles. The zero-order valence-corrected chi connectivity index (χ0v) is 13.2. The molecular weight excluding hydrogens is 306 g/mol. The van der Waals surface area contributed by atoms with Gasteiger partial charge in [-0.05, 0) is 25.3 Å². The van der Waals surface area contributed by atoms with Crippen LogP contribution in [0.1, 0.15) is 26.8 Å². The molecule has 1 amide bonds. The van der Waals surface area contributed by atoms with Crippen molar-refractivity contribution in [2.75, 3.05) is 0 Å². The van der Waals surface area contributed by atoms with E-state index in [0.29, 0.717) is 18.0 Å². The van der Waals surface area contributed by atoms with Crippen LogP contribution in [0, 0.1) is 13.8 Å². The molecule has 0 fully saturated rings. The second-order valence-electron chi connectivity index (χ2n) is 4.51. The van der Waals surface area contributed by atoms with Gasteiger partial charge in [0.2, 0.25) is 0 Å². The average molecular weight is 319 g/mol. The topological polar surface area (TPSA) is 68.0 Å². The molecule has 0 aliphatic heterocycles. The first kappa shape index (κ1) is 14.0. The third-order valence-electron chi connectivity index (χ3n) is 2.89. The number of hydrogen-bond donors (Lipinski definition) is 1. The number of carbonyl (C=O) groups excluding carboxylic acids is 1. The lowest BCUT2D eigenvalue weighted by atomic mass is 10.3. The molecule has 3 aromatic rings. The quantitative estimate of drug-likeness (QED) is 0.800. The van der Waals surface area contributed by atoms with Crippen LogP contribution in [0.2, 0.25) is 0 Å². The molecule has 0 aromatic carbocycles. The van der Waals surface area contributed by atoms with Crippen LogP contribution in [0.15, 0.2) is 28.1 Å². The van der Waals surface area contributed by atoms with Gasteiger partial charge in [0.15, 0.2) is 5.69 Å². The number of carbonyl (C=O) groups is 1.